The monoisotopic (exact) mass is 376 g/mol. The number of para-hydroxylation sites is 1. The van der Waals surface area contributed by atoms with Gasteiger partial charge in [0.25, 0.3) is 0 Å². The van der Waals surface area contributed by atoms with Crippen LogP contribution in [0.25, 0.3) is 0 Å². The standard InChI is InChI=1S/C21H32N2O4/c1-21(2,3)27-20(25)23-13-10-17(11-14-23)16-22(4)19(24)12-15-26-18-8-6-5-7-9-18/h5-9,17H,10-16H2,1-4H3. The molecule has 2 amide bonds. The fraction of sp³-hybridized carbons (Fsp3) is 0.619. The molecule has 0 aliphatic carbocycles. The van der Waals surface area contributed by atoms with Crippen LogP contribution in [0, 0.1) is 5.92 Å². The fourth-order valence-corrected chi connectivity index (χ4v) is 3.08. The van der Waals surface area contributed by atoms with Crippen molar-refractivity contribution in [1.82, 2.24) is 9.80 Å². The molecule has 0 radical (unpaired) electrons. The van der Waals surface area contributed by atoms with Gasteiger partial charge in [-0.2, -0.15) is 0 Å². The van der Waals surface area contributed by atoms with E-state index in [-0.39, 0.29) is 12.0 Å². The number of rotatable bonds is 6. The maximum atomic E-state index is 12.3. The lowest BCUT2D eigenvalue weighted by molar-refractivity contribution is -0.131. The van der Waals surface area contributed by atoms with Gasteiger partial charge in [0.2, 0.25) is 5.91 Å². The van der Waals surface area contributed by atoms with Gasteiger partial charge >= 0.3 is 6.09 Å². The van der Waals surface area contributed by atoms with Crippen LogP contribution in [-0.4, -0.2) is 60.7 Å². The lowest BCUT2D eigenvalue weighted by Crippen LogP contribution is -2.44. The molecule has 6 heteroatoms. The summed E-state index contributed by atoms with van der Waals surface area (Å²) in [5.74, 6) is 1.27. The average molecular weight is 376 g/mol. The third kappa shape index (κ3) is 7.49. The summed E-state index contributed by atoms with van der Waals surface area (Å²) in [7, 11) is 1.84. The van der Waals surface area contributed by atoms with E-state index in [4.69, 9.17) is 9.47 Å². The van der Waals surface area contributed by atoms with Crippen LogP contribution in [0.1, 0.15) is 40.0 Å². The summed E-state index contributed by atoms with van der Waals surface area (Å²) >= 11 is 0. The van der Waals surface area contributed by atoms with Crippen molar-refractivity contribution in [3.8, 4) is 5.75 Å². The van der Waals surface area contributed by atoms with Gasteiger partial charge in [0.1, 0.15) is 11.4 Å². The molecular formula is C21H32N2O4. The Hall–Kier alpha value is -2.24. The van der Waals surface area contributed by atoms with Crippen molar-refractivity contribution in [3.63, 3.8) is 0 Å². The van der Waals surface area contributed by atoms with Gasteiger partial charge in [0.05, 0.1) is 13.0 Å². The van der Waals surface area contributed by atoms with Gasteiger partial charge in [-0.25, -0.2) is 4.79 Å². The molecule has 0 spiro atoms. The van der Waals surface area contributed by atoms with Crippen LogP contribution in [0.3, 0.4) is 0 Å². The number of piperidine rings is 1. The summed E-state index contributed by atoms with van der Waals surface area (Å²) in [6, 6.07) is 9.51. The Balaban J connectivity index is 1.66. The first-order valence-corrected chi connectivity index (χ1v) is 9.64. The highest BCUT2D eigenvalue weighted by Crippen LogP contribution is 2.20. The first-order valence-electron chi connectivity index (χ1n) is 9.64. The Kier molecular flexibility index (Phi) is 7.51. The van der Waals surface area contributed by atoms with Crippen LogP contribution >= 0.6 is 0 Å². The maximum Gasteiger partial charge on any atom is 0.410 e. The molecule has 0 atom stereocenters. The molecule has 6 nitrogen and oxygen atoms in total. The van der Waals surface area contributed by atoms with Crippen LogP contribution in [-0.2, 0) is 9.53 Å². The lowest BCUT2D eigenvalue weighted by atomic mass is 9.96. The van der Waals surface area contributed by atoms with Gasteiger partial charge < -0.3 is 19.3 Å². The zero-order valence-electron chi connectivity index (χ0n) is 16.9. The van der Waals surface area contributed by atoms with E-state index in [2.05, 4.69) is 0 Å². The number of carbonyl (C=O) groups excluding carboxylic acids is 2. The molecule has 1 heterocycles. The van der Waals surface area contributed by atoms with E-state index in [0.29, 0.717) is 38.6 Å². The number of likely N-dealkylation sites (tertiary alicyclic amines) is 1. The molecule has 1 aromatic rings. The van der Waals surface area contributed by atoms with E-state index in [1.807, 2.05) is 58.2 Å². The van der Waals surface area contributed by atoms with Crippen LogP contribution in [0.5, 0.6) is 5.75 Å². The van der Waals surface area contributed by atoms with Crippen molar-refractivity contribution in [2.75, 3.05) is 33.3 Å². The number of amides is 2. The average Bonchev–Trinajstić information content (AvgIpc) is 2.61. The van der Waals surface area contributed by atoms with Crippen molar-refractivity contribution >= 4 is 12.0 Å². The van der Waals surface area contributed by atoms with Crippen molar-refractivity contribution in [1.29, 1.82) is 0 Å². The number of benzene rings is 1. The van der Waals surface area contributed by atoms with Gasteiger partial charge in [-0.3, -0.25) is 4.79 Å². The fourth-order valence-electron chi connectivity index (χ4n) is 3.08. The van der Waals surface area contributed by atoms with Crippen molar-refractivity contribution in [3.05, 3.63) is 30.3 Å². The zero-order valence-corrected chi connectivity index (χ0v) is 16.9. The molecule has 27 heavy (non-hydrogen) atoms. The molecule has 1 fully saturated rings. The van der Waals surface area contributed by atoms with Crippen LogP contribution < -0.4 is 4.74 Å². The topological polar surface area (TPSA) is 59.1 Å². The molecule has 1 aliphatic heterocycles. The number of hydrogen-bond acceptors (Lipinski definition) is 4. The summed E-state index contributed by atoms with van der Waals surface area (Å²) in [4.78, 5) is 27.9. The Labute approximate surface area is 162 Å². The highest BCUT2D eigenvalue weighted by Gasteiger charge is 2.27. The molecule has 0 saturated carbocycles. The number of nitrogens with zero attached hydrogens (tertiary/aromatic N) is 2. The largest absolute Gasteiger partial charge is 0.493 e. The Morgan fingerprint density at radius 2 is 1.78 bits per heavy atom. The van der Waals surface area contributed by atoms with Crippen LogP contribution in [0.4, 0.5) is 4.79 Å². The predicted octanol–water partition coefficient (Wildman–Crippen LogP) is 3.56. The molecule has 0 unspecified atom stereocenters. The molecule has 1 aliphatic rings. The first-order chi connectivity index (χ1) is 12.7. The van der Waals surface area contributed by atoms with E-state index in [9.17, 15) is 9.59 Å². The van der Waals surface area contributed by atoms with Gasteiger partial charge in [-0.1, -0.05) is 18.2 Å². The Morgan fingerprint density at radius 3 is 2.37 bits per heavy atom. The van der Waals surface area contributed by atoms with E-state index in [0.717, 1.165) is 18.6 Å². The summed E-state index contributed by atoms with van der Waals surface area (Å²) < 4.78 is 11.0. The van der Waals surface area contributed by atoms with Crippen LogP contribution in [0.15, 0.2) is 30.3 Å². The molecule has 2 rings (SSSR count). The molecular weight excluding hydrogens is 344 g/mol. The van der Waals surface area contributed by atoms with Gasteiger partial charge in [-0.05, 0) is 51.7 Å². The second-order valence-corrected chi connectivity index (χ2v) is 8.10. The second-order valence-electron chi connectivity index (χ2n) is 8.10. The normalized spacial score (nSPS) is 15.3. The van der Waals surface area contributed by atoms with E-state index in [1.54, 1.807) is 9.80 Å². The molecule has 150 valence electrons. The van der Waals surface area contributed by atoms with Gasteiger partial charge in [0, 0.05) is 26.7 Å². The minimum atomic E-state index is -0.470. The summed E-state index contributed by atoms with van der Waals surface area (Å²) in [5, 5.41) is 0. The van der Waals surface area contributed by atoms with Crippen molar-refractivity contribution in [2.24, 2.45) is 5.92 Å². The highest BCUT2D eigenvalue weighted by molar-refractivity contribution is 5.76. The Morgan fingerprint density at radius 1 is 1.15 bits per heavy atom. The predicted molar refractivity (Wildman–Crippen MR) is 105 cm³/mol. The number of hydrogen-bond donors (Lipinski definition) is 0. The smallest absolute Gasteiger partial charge is 0.410 e. The Bertz CT molecular complexity index is 604. The lowest BCUT2D eigenvalue weighted by Gasteiger charge is -2.34. The summed E-state index contributed by atoms with van der Waals surface area (Å²) in [6.45, 7) is 8.08. The molecule has 0 bridgehead atoms. The van der Waals surface area contributed by atoms with Gasteiger partial charge in [-0.15, -0.1) is 0 Å². The molecule has 1 aromatic carbocycles. The summed E-state index contributed by atoms with van der Waals surface area (Å²) in [5.41, 5.74) is -0.470. The minimum Gasteiger partial charge on any atom is -0.493 e. The molecule has 0 N–H and O–H groups in total. The maximum absolute atomic E-state index is 12.3. The number of carbonyl (C=O) groups is 2. The zero-order chi connectivity index (χ0) is 19.9. The quantitative estimate of drug-likeness (QED) is 0.762. The first kappa shape index (κ1) is 21.1. The highest BCUT2D eigenvalue weighted by atomic mass is 16.6. The molecule has 1 saturated heterocycles. The van der Waals surface area contributed by atoms with Gasteiger partial charge in [0.15, 0.2) is 0 Å². The third-order valence-electron chi connectivity index (χ3n) is 4.55. The SMILES string of the molecule is CN(CC1CCN(C(=O)OC(C)(C)C)CC1)C(=O)CCOc1ccccc1. The molecule has 0 aromatic heterocycles. The van der Waals surface area contributed by atoms with E-state index in [1.165, 1.54) is 0 Å². The third-order valence-corrected chi connectivity index (χ3v) is 4.55. The second kappa shape index (κ2) is 9.62. The van der Waals surface area contributed by atoms with Crippen molar-refractivity contribution < 1.29 is 19.1 Å². The minimum absolute atomic E-state index is 0.0838. The van der Waals surface area contributed by atoms with Crippen molar-refractivity contribution in [2.45, 2.75) is 45.6 Å². The van der Waals surface area contributed by atoms with E-state index >= 15 is 0 Å². The number of ether oxygens (including phenoxy) is 2. The van der Waals surface area contributed by atoms with E-state index < -0.39 is 5.60 Å². The van der Waals surface area contributed by atoms with Crippen LogP contribution in [0.2, 0.25) is 0 Å². The summed E-state index contributed by atoms with van der Waals surface area (Å²) in [6.07, 6.45) is 1.89.